The highest BCUT2D eigenvalue weighted by molar-refractivity contribution is 7.09. The van der Waals surface area contributed by atoms with E-state index in [4.69, 9.17) is 4.74 Å². The van der Waals surface area contributed by atoms with Gasteiger partial charge in [0.05, 0.1) is 22.4 Å². The van der Waals surface area contributed by atoms with Gasteiger partial charge < -0.3 is 9.72 Å². The van der Waals surface area contributed by atoms with Gasteiger partial charge in [0, 0.05) is 24.1 Å². The van der Waals surface area contributed by atoms with E-state index in [2.05, 4.69) is 15.0 Å². The van der Waals surface area contributed by atoms with E-state index in [1.807, 2.05) is 6.92 Å². The number of halogens is 5. The van der Waals surface area contributed by atoms with Gasteiger partial charge in [-0.15, -0.1) is 11.3 Å². The summed E-state index contributed by atoms with van der Waals surface area (Å²) in [4.78, 5) is 23.4. The Hall–Kier alpha value is -3.28. The maximum absolute atomic E-state index is 13.3. The monoisotopic (exact) mass is 470 g/mol. The van der Waals surface area contributed by atoms with Crippen molar-refractivity contribution < 1.29 is 26.7 Å². The number of alkyl halides is 5. The lowest BCUT2D eigenvalue weighted by Gasteiger charge is -2.16. The molecular weight excluding hydrogens is 455 g/mol. The predicted octanol–water partition coefficient (Wildman–Crippen LogP) is 4.97. The summed E-state index contributed by atoms with van der Waals surface area (Å²) in [7, 11) is 0. The third-order valence-corrected chi connectivity index (χ3v) is 5.54. The molecule has 4 rings (SSSR count). The van der Waals surface area contributed by atoms with Gasteiger partial charge in [-0.05, 0) is 24.3 Å². The smallest absolute Gasteiger partial charge is 0.460 e. The second-order valence-corrected chi connectivity index (χ2v) is 7.67. The third-order valence-electron chi connectivity index (χ3n) is 4.58. The number of thiazole rings is 1. The van der Waals surface area contributed by atoms with Crippen molar-refractivity contribution in [2.45, 2.75) is 32.1 Å². The Morgan fingerprint density at radius 3 is 2.59 bits per heavy atom. The fraction of sp³-hybridized carbons (Fsp3) is 0.250. The molecule has 1 aromatic carbocycles. The number of rotatable bonds is 6. The molecule has 0 fully saturated rings. The summed E-state index contributed by atoms with van der Waals surface area (Å²) in [5.74, 6) is -4.09. The van der Waals surface area contributed by atoms with Gasteiger partial charge in [0.15, 0.2) is 5.01 Å². The van der Waals surface area contributed by atoms with Crippen molar-refractivity contribution in [1.82, 2.24) is 19.5 Å². The Morgan fingerprint density at radius 1 is 1.12 bits per heavy atom. The average Bonchev–Trinajstić information content (AvgIpc) is 3.38. The number of benzene rings is 1. The fourth-order valence-electron chi connectivity index (χ4n) is 2.93. The first-order valence-electron chi connectivity index (χ1n) is 9.32. The molecule has 0 atom stereocenters. The molecule has 0 bridgehead atoms. The van der Waals surface area contributed by atoms with Crippen LogP contribution in [0.3, 0.4) is 0 Å². The molecule has 0 aliphatic heterocycles. The maximum Gasteiger partial charge on any atom is 0.460 e. The Kier molecular flexibility index (Phi) is 5.49. The van der Waals surface area contributed by atoms with Crippen molar-refractivity contribution in [2.24, 2.45) is 0 Å². The van der Waals surface area contributed by atoms with Crippen LogP contribution in [0.1, 0.15) is 23.4 Å². The Balaban J connectivity index is 1.49. The minimum atomic E-state index is -5.73. The van der Waals surface area contributed by atoms with Crippen LogP contribution >= 0.6 is 11.3 Å². The number of aromatic amines is 1. The molecule has 0 saturated heterocycles. The van der Waals surface area contributed by atoms with Gasteiger partial charge >= 0.3 is 12.1 Å². The second-order valence-electron chi connectivity index (χ2n) is 6.81. The molecule has 6 nitrogen and oxygen atoms in total. The van der Waals surface area contributed by atoms with Crippen LogP contribution in [0.2, 0.25) is 0 Å². The van der Waals surface area contributed by atoms with Crippen molar-refractivity contribution in [3.05, 3.63) is 68.8 Å². The fourth-order valence-corrected chi connectivity index (χ4v) is 3.73. The standard InChI is InChI=1S/C20H15F5N4O2S/c1-2-16-27-14-4-3-12(7-15(14)28-16)29-6-5-13(8-17(29)30)31-9-11-10-32-18(26-11)19(21,22)20(23,24)25/h3-8,10H,2,9H2,1H3,(H,27,28). The van der Waals surface area contributed by atoms with Crippen LogP contribution in [0, 0.1) is 0 Å². The molecule has 0 amide bonds. The molecule has 0 radical (unpaired) electrons. The predicted molar refractivity (Wildman–Crippen MR) is 107 cm³/mol. The van der Waals surface area contributed by atoms with Crippen LogP contribution in [0.5, 0.6) is 5.75 Å². The number of hydrogen-bond donors (Lipinski definition) is 1. The van der Waals surface area contributed by atoms with Crippen LogP contribution < -0.4 is 10.3 Å². The molecule has 12 heteroatoms. The summed E-state index contributed by atoms with van der Waals surface area (Å²) in [6.07, 6.45) is -3.52. The molecule has 4 aromatic rings. The van der Waals surface area contributed by atoms with Crippen molar-refractivity contribution >= 4 is 22.4 Å². The Bertz CT molecular complexity index is 1330. The van der Waals surface area contributed by atoms with Crippen LogP contribution in [-0.2, 0) is 19.0 Å². The molecular formula is C20H15F5N4O2S. The highest BCUT2D eigenvalue weighted by Gasteiger charge is 2.60. The first-order valence-corrected chi connectivity index (χ1v) is 10.2. The number of imidazole rings is 1. The first-order chi connectivity index (χ1) is 15.1. The van der Waals surface area contributed by atoms with E-state index in [1.165, 1.54) is 22.9 Å². The summed E-state index contributed by atoms with van der Waals surface area (Å²) in [6.45, 7) is 1.60. The van der Waals surface area contributed by atoms with Crippen LogP contribution in [-0.4, -0.2) is 25.7 Å². The molecule has 0 aliphatic carbocycles. The van der Waals surface area contributed by atoms with E-state index >= 15 is 0 Å². The topological polar surface area (TPSA) is 72.8 Å². The number of nitrogens with zero attached hydrogens (tertiary/aromatic N) is 3. The number of nitrogens with one attached hydrogen (secondary N) is 1. The van der Waals surface area contributed by atoms with Crippen molar-refractivity contribution in [3.8, 4) is 11.4 Å². The van der Waals surface area contributed by atoms with Gasteiger partial charge in [-0.1, -0.05) is 6.92 Å². The zero-order valence-corrected chi connectivity index (χ0v) is 17.2. The minimum absolute atomic E-state index is 0.102. The summed E-state index contributed by atoms with van der Waals surface area (Å²) in [5, 5.41) is -0.306. The van der Waals surface area contributed by atoms with Gasteiger partial charge in [-0.3, -0.25) is 9.36 Å². The lowest BCUT2D eigenvalue weighted by Crippen LogP contribution is -2.33. The molecule has 3 heterocycles. The van der Waals surface area contributed by atoms with E-state index in [0.29, 0.717) is 5.69 Å². The van der Waals surface area contributed by atoms with Crippen molar-refractivity contribution in [3.63, 3.8) is 0 Å². The number of pyridine rings is 1. The highest BCUT2D eigenvalue weighted by Crippen LogP contribution is 2.44. The summed E-state index contributed by atoms with van der Waals surface area (Å²) < 4.78 is 70.8. The molecule has 0 unspecified atom stereocenters. The van der Waals surface area contributed by atoms with Gasteiger partial charge in [0.25, 0.3) is 5.56 Å². The number of aromatic nitrogens is 4. The zero-order chi connectivity index (χ0) is 23.1. The number of hydrogen-bond acceptors (Lipinski definition) is 5. The average molecular weight is 470 g/mol. The molecule has 0 aliphatic rings. The van der Waals surface area contributed by atoms with Crippen molar-refractivity contribution in [1.29, 1.82) is 0 Å². The number of ether oxygens (including phenoxy) is 1. The lowest BCUT2D eigenvalue weighted by atomic mass is 10.2. The normalized spacial score (nSPS) is 12.4. The zero-order valence-electron chi connectivity index (χ0n) is 16.4. The molecule has 32 heavy (non-hydrogen) atoms. The van der Waals surface area contributed by atoms with Gasteiger partial charge in [0.2, 0.25) is 0 Å². The summed E-state index contributed by atoms with van der Waals surface area (Å²) in [5.41, 5.74) is 1.63. The van der Waals surface area contributed by atoms with E-state index in [0.717, 1.165) is 28.7 Å². The SMILES string of the molecule is CCc1nc2ccc(-n3ccc(OCc4csc(C(F)(F)C(F)(F)F)n4)cc3=O)cc2[nH]1. The molecule has 0 spiro atoms. The first kappa shape index (κ1) is 21.9. The largest absolute Gasteiger partial charge is 0.487 e. The molecule has 1 N–H and O–H groups in total. The summed E-state index contributed by atoms with van der Waals surface area (Å²) in [6, 6.07) is 7.97. The van der Waals surface area contributed by atoms with Crippen molar-refractivity contribution in [2.75, 3.05) is 0 Å². The van der Waals surface area contributed by atoms with Gasteiger partial charge in [-0.2, -0.15) is 22.0 Å². The second kappa shape index (κ2) is 8.01. The molecule has 168 valence electrons. The Morgan fingerprint density at radius 2 is 1.91 bits per heavy atom. The lowest BCUT2D eigenvalue weighted by molar-refractivity contribution is -0.289. The molecule has 3 aromatic heterocycles. The molecule has 0 saturated carbocycles. The van der Waals surface area contributed by atoms with E-state index in [9.17, 15) is 26.7 Å². The van der Waals surface area contributed by atoms with E-state index in [-0.39, 0.29) is 29.4 Å². The van der Waals surface area contributed by atoms with Gasteiger partial charge in [-0.25, -0.2) is 9.97 Å². The summed E-state index contributed by atoms with van der Waals surface area (Å²) >= 11 is 0.190. The quantitative estimate of drug-likeness (QED) is 0.404. The van der Waals surface area contributed by atoms with Gasteiger partial charge in [0.1, 0.15) is 18.2 Å². The number of fused-ring (bicyclic) bond motifs is 1. The maximum atomic E-state index is 13.3. The van der Waals surface area contributed by atoms with Crippen LogP contribution in [0.15, 0.2) is 46.7 Å². The third kappa shape index (κ3) is 4.09. The minimum Gasteiger partial charge on any atom is -0.487 e. The highest BCUT2D eigenvalue weighted by atomic mass is 32.1. The van der Waals surface area contributed by atoms with Crippen LogP contribution in [0.4, 0.5) is 22.0 Å². The van der Waals surface area contributed by atoms with Crippen LogP contribution in [0.25, 0.3) is 16.7 Å². The number of aryl methyl sites for hydroxylation is 1. The van der Waals surface area contributed by atoms with E-state index < -0.39 is 22.7 Å². The van der Waals surface area contributed by atoms with E-state index in [1.54, 1.807) is 18.2 Å². The number of H-pyrrole nitrogens is 1. The Labute approximate surface area is 181 Å².